The van der Waals surface area contributed by atoms with Crippen LogP contribution < -0.4 is 0 Å². The summed E-state index contributed by atoms with van der Waals surface area (Å²) in [7, 11) is 1.22. The Morgan fingerprint density at radius 3 is 2.07 bits per heavy atom. The van der Waals surface area contributed by atoms with Crippen LogP contribution in [-0.4, -0.2) is 61.0 Å². The highest BCUT2D eigenvalue weighted by Crippen LogP contribution is 2.38. The first-order valence-electron chi connectivity index (χ1n) is 9.23. The minimum Gasteiger partial charge on any atom is -0.467 e. The van der Waals surface area contributed by atoms with Crippen molar-refractivity contribution in [1.29, 1.82) is 0 Å². The van der Waals surface area contributed by atoms with E-state index >= 15 is 0 Å². The Morgan fingerprint density at radius 1 is 1.07 bits per heavy atom. The van der Waals surface area contributed by atoms with E-state index in [-0.39, 0.29) is 6.42 Å². The van der Waals surface area contributed by atoms with E-state index in [2.05, 4.69) is 0 Å². The van der Waals surface area contributed by atoms with Crippen molar-refractivity contribution in [3.8, 4) is 0 Å². The van der Waals surface area contributed by atoms with Gasteiger partial charge in [0.15, 0.2) is 11.7 Å². The van der Waals surface area contributed by atoms with Gasteiger partial charge in [0.05, 0.1) is 7.11 Å². The van der Waals surface area contributed by atoms with Crippen LogP contribution in [0.15, 0.2) is 0 Å². The Bertz CT molecular complexity index is 602. The number of rotatable bonds is 7. The third-order valence-corrected chi connectivity index (χ3v) is 4.74. The standard InChI is InChI=1S/C19H30O9/c1-8-14(25-11(3)20)17(27-13(5)22)16-10(2)15(26-12(4)21)9-19(6,28-16)18(23)24-7/h10,14-17H,8-9H2,1-7H3/t10-,14-,15-,16?,17-,19-/m1/s1. The van der Waals surface area contributed by atoms with E-state index in [1.54, 1.807) is 13.8 Å². The fourth-order valence-electron chi connectivity index (χ4n) is 3.45. The molecular formula is C19H30O9. The molecule has 0 amide bonds. The number of methoxy groups -OCH3 is 1. The van der Waals surface area contributed by atoms with Crippen LogP contribution in [0.1, 0.15) is 54.4 Å². The lowest BCUT2D eigenvalue weighted by Gasteiger charge is -2.47. The summed E-state index contributed by atoms with van der Waals surface area (Å²) in [4.78, 5) is 47.2. The van der Waals surface area contributed by atoms with Crippen LogP contribution >= 0.6 is 0 Å². The lowest BCUT2D eigenvalue weighted by molar-refractivity contribution is -0.243. The Labute approximate surface area is 165 Å². The summed E-state index contributed by atoms with van der Waals surface area (Å²) in [6.45, 7) is 8.78. The molecule has 0 N–H and O–H groups in total. The predicted molar refractivity (Wildman–Crippen MR) is 96.0 cm³/mol. The molecule has 0 saturated carbocycles. The second-order valence-electron chi connectivity index (χ2n) is 7.15. The maximum atomic E-state index is 12.4. The molecule has 9 nitrogen and oxygen atoms in total. The van der Waals surface area contributed by atoms with Crippen molar-refractivity contribution >= 4 is 23.9 Å². The topological polar surface area (TPSA) is 114 Å². The third-order valence-electron chi connectivity index (χ3n) is 4.74. The average Bonchev–Trinajstić information content (AvgIpc) is 2.59. The van der Waals surface area contributed by atoms with Crippen molar-refractivity contribution in [3.05, 3.63) is 0 Å². The van der Waals surface area contributed by atoms with Crippen LogP contribution in [0.5, 0.6) is 0 Å². The molecule has 1 saturated heterocycles. The van der Waals surface area contributed by atoms with Crippen molar-refractivity contribution in [2.45, 2.75) is 84.4 Å². The molecule has 28 heavy (non-hydrogen) atoms. The smallest absolute Gasteiger partial charge is 0.338 e. The molecule has 0 aliphatic carbocycles. The fraction of sp³-hybridized carbons (Fsp3) is 0.789. The summed E-state index contributed by atoms with van der Waals surface area (Å²) >= 11 is 0. The summed E-state index contributed by atoms with van der Waals surface area (Å²) in [5, 5.41) is 0. The molecule has 0 bridgehead atoms. The summed E-state index contributed by atoms with van der Waals surface area (Å²) in [6, 6.07) is 0. The zero-order valence-electron chi connectivity index (χ0n) is 17.5. The van der Waals surface area contributed by atoms with Gasteiger partial charge >= 0.3 is 23.9 Å². The van der Waals surface area contributed by atoms with E-state index in [1.807, 2.05) is 0 Å². The molecule has 0 aromatic carbocycles. The van der Waals surface area contributed by atoms with E-state index in [4.69, 9.17) is 23.7 Å². The maximum Gasteiger partial charge on any atom is 0.338 e. The van der Waals surface area contributed by atoms with Gasteiger partial charge in [-0.25, -0.2) is 4.79 Å². The zero-order valence-corrected chi connectivity index (χ0v) is 17.5. The number of carbonyl (C=O) groups excluding carboxylic acids is 4. The van der Waals surface area contributed by atoms with Crippen LogP contribution in [0.2, 0.25) is 0 Å². The number of carbonyl (C=O) groups is 4. The maximum absolute atomic E-state index is 12.4. The zero-order chi connectivity index (χ0) is 21.6. The van der Waals surface area contributed by atoms with Gasteiger partial charge < -0.3 is 23.7 Å². The minimum absolute atomic E-state index is 0.0774. The normalized spacial score (nSPS) is 29.2. The quantitative estimate of drug-likeness (QED) is 0.462. The van der Waals surface area contributed by atoms with Crippen LogP contribution in [0.3, 0.4) is 0 Å². The van der Waals surface area contributed by atoms with Gasteiger partial charge in [-0.15, -0.1) is 0 Å². The summed E-state index contributed by atoms with van der Waals surface area (Å²) in [5.41, 5.74) is -1.43. The van der Waals surface area contributed by atoms with Gasteiger partial charge in [-0.1, -0.05) is 13.8 Å². The molecule has 160 valence electrons. The molecule has 1 aliphatic heterocycles. The number of hydrogen-bond acceptors (Lipinski definition) is 9. The first-order chi connectivity index (χ1) is 12.9. The Morgan fingerprint density at radius 2 is 1.64 bits per heavy atom. The van der Waals surface area contributed by atoms with Crippen LogP contribution in [0, 0.1) is 5.92 Å². The van der Waals surface area contributed by atoms with Gasteiger partial charge in [-0.05, 0) is 13.3 Å². The number of ether oxygens (including phenoxy) is 5. The molecule has 1 aliphatic rings. The highest BCUT2D eigenvalue weighted by atomic mass is 16.6. The molecule has 0 spiro atoms. The first-order valence-corrected chi connectivity index (χ1v) is 9.23. The summed E-state index contributed by atoms with van der Waals surface area (Å²) in [5.74, 6) is -2.75. The van der Waals surface area contributed by atoms with E-state index in [9.17, 15) is 19.2 Å². The summed E-state index contributed by atoms with van der Waals surface area (Å²) in [6.07, 6.45) is -2.94. The number of hydrogen-bond donors (Lipinski definition) is 0. The highest BCUT2D eigenvalue weighted by Gasteiger charge is 2.53. The highest BCUT2D eigenvalue weighted by molar-refractivity contribution is 5.79. The van der Waals surface area contributed by atoms with Gasteiger partial charge in [0.1, 0.15) is 18.3 Å². The molecule has 0 aromatic heterocycles. The van der Waals surface area contributed by atoms with E-state index in [0.29, 0.717) is 6.42 Å². The van der Waals surface area contributed by atoms with Crippen LogP contribution in [0.4, 0.5) is 0 Å². The average molecular weight is 402 g/mol. The molecule has 9 heteroatoms. The van der Waals surface area contributed by atoms with Crippen molar-refractivity contribution in [3.63, 3.8) is 0 Å². The van der Waals surface area contributed by atoms with Gasteiger partial charge in [-0.3, -0.25) is 14.4 Å². The molecule has 1 unspecified atom stereocenters. The lowest BCUT2D eigenvalue weighted by atomic mass is 9.80. The Hall–Kier alpha value is -2.16. The van der Waals surface area contributed by atoms with Crippen molar-refractivity contribution in [2.75, 3.05) is 7.11 Å². The van der Waals surface area contributed by atoms with E-state index in [1.165, 1.54) is 34.8 Å². The molecule has 0 radical (unpaired) electrons. The second kappa shape index (κ2) is 9.86. The number of esters is 4. The third kappa shape index (κ3) is 5.92. The molecular weight excluding hydrogens is 372 g/mol. The monoisotopic (exact) mass is 402 g/mol. The van der Waals surface area contributed by atoms with Crippen molar-refractivity contribution in [2.24, 2.45) is 5.92 Å². The molecule has 1 fully saturated rings. The lowest BCUT2D eigenvalue weighted by Crippen LogP contribution is -2.60. The molecule has 1 rings (SSSR count). The van der Waals surface area contributed by atoms with Crippen LogP contribution in [-0.2, 0) is 42.9 Å². The van der Waals surface area contributed by atoms with Crippen molar-refractivity contribution < 1.29 is 42.9 Å². The molecule has 1 heterocycles. The van der Waals surface area contributed by atoms with Gasteiger partial charge in [-0.2, -0.15) is 0 Å². The predicted octanol–water partition coefficient (Wildman–Crippen LogP) is 1.55. The van der Waals surface area contributed by atoms with Gasteiger partial charge in [0, 0.05) is 33.1 Å². The van der Waals surface area contributed by atoms with Gasteiger partial charge in [0.25, 0.3) is 0 Å². The fourth-order valence-corrected chi connectivity index (χ4v) is 3.45. The van der Waals surface area contributed by atoms with Gasteiger partial charge in [0.2, 0.25) is 0 Å². The van der Waals surface area contributed by atoms with E-state index < -0.39 is 59.8 Å². The molecule has 6 atom stereocenters. The molecule has 0 aromatic rings. The largest absolute Gasteiger partial charge is 0.467 e. The van der Waals surface area contributed by atoms with Crippen LogP contribution in [0.25, 0.3) is 0 Å². The second-order valence-corrected chi connectivity index (χ2v) is 7.15. The van der Waals surface area contributed by atoms with E-state index in [0.717, 1.165) is 0 Å². The minimum atomic E-state index is -1.43. The summed E-state index contributed by atoms with van der Waals surface area (Å²) < 4.78 is 27.0. The van der Waals surface area contributed by atoms with Crippen molar-refractivity contribution in [1.82, 2.24) is 0 Å². The SMILES string of the molecule is CC[C@@H](OC(C)=O)[C@@H](OC(C)=O)C1O[C@@](C)(C(=O)OC)C[C@@H](OC(C)=O)[C@H]1C. The Kier molecular flexibility index (Phi) is 8.41. The first kappa shape index (κ1) is 23.9. The Balaban J connectivity index is 3.35.